The fraction of sp³-hybridized carbons (Fsp3) is 0.188. The molecule has 3 rings (SSSR count). The lowest BCUT2D eigenvalue weighted by Crippen LogP contribution is -2.10. The van der Waals surface area contributed by atoms with Crippen molar-refractivity contribution in [1.29, 1.82) is 0 Å². The van der Waals surface area contributed by atoms with E-state index in [1.807, 2.05) is 25.1 Å². The van der Waals surface area contributed by atoms with Crippen molar-refractivity contribution in [1.82, 2.24) is 4.98 Å². The summed E-state index contributed by atoms with van der Waals surface area (Å²) in [7, 11) is 5.40. The number of azo groups is 1. The molecule has 0 unspecified atom stereocenters. The van der Waals surface area contributed by atoms with Crippen LogP contribution in [0, 0.1) is 10.1 Å². The van der Waals surface area contributed by atoms with Gasteiger partial charge in [0, 0.05) is 37.2 Å². The van der Waals surface area contributed by atoms with Gasteiger partial charge in [0.05, 0.1) is 27.9 Å². The van der Waals surface area contributed by atoms with Crippen LogP contribution in [-0.2, 0) is 0 Å². The number of benzene rings is 2. The summed E-state index contributed by atoms with van der Waals surface area (Å²) >= 11 is 5.68. The smallest absolute Gasteiger partial charge is 0.270 e. The van der Waals surface area contributed by atoms with Crippen molar-refractivity contribution >= 4 is 56.4 Å². The number of ether oxygens (including phenoxy) is 1. The zero-order valence-electron chi connectivity index (χ0n) is 14.2. The normalized spacial score (nSPS) is 11.2. The molecule has 0 bridgehead atoms. The van der Waals surface area contributed by atoms with E-state index >= 15 is 0 Å². The molecule has 2 aromatic carbocycles. The Labute approximate surface area is 158 Å². The number of thiazole rings is 1. The highest BCUT2D eigenvalue weighted by Gasteiger charge is 2.12. The van der Waals surface area contributed by atoms with E-state index in [0.717, 1.165) is 5.69 Å². The number of non-ortho nitro benzene ring substituents is 1. The number of thiol groups is 1. The van der Waals surface area contributed by atoms with E-state index in [4.69, 9.17) is 4.74 Å². The number of nitro benzene ring substituents is 1. The lowest BCUT2D eigenvalue weighted by molar-refractivity contribution is -0.384. The molecule has 0 amide bonds. The first-order valence-corrected chi connectivity index (χ1v) is 8.70. The van der Waals surface area contributed by atoms with Gasteiger partial charge in [-0.05, 0) is 12.1 Å². The first kappa shape index (κ1) is 18.1. The molecule has 0 saturated carbocycles. The van der Waals surface area contributed by atoms with Gasteiger partial charge in [0.1, 0.15) is 11.4 Å². The standard InChI is InChI=1S/C16H15N5O3S2/c1-20(2)12-8-14(25)11(7-13(12)24-3)18-19-16-17-10-5-4-9(21(22)23)6-15(10)26-16/h4-8,25H,1-3H3. The molecule has 0 N–H and O–H groups in total. The second-order valence-electron chi connectivity index (χ2n) is 5.51. The zero-order valence-corrected chi connectivity index (χ0v) is 15.9. The first-order valence-electron chi connectivity index (χ1n) is 7.44. The van der Waals surface area contributed by atoms with Crippen molar-refractivity contribution < 1.29 is 9.66 Å². The summed E-state index contributed by atoms with van der Waals surface area (Å²) in [5.41, 5.74) is 2.08. The minimum Gasteiger partial charge on any atom is -0.495 e. The number of fused-ring (bicyclic) bond motifs is 1. The summed E-state index contributed by atoms with van der Waals surface area (Å²) in [4.78, 5) is 17.3. The van der Waals surface area contributed by atoms with Crippen LogP contribution >= 0.6 is 24.0 Å². The van der Waals surface area contributed by atoms with E-state index in [-0.39, 0.29) is 5.69 Å². The van der Waals surface area contributed by atoms with Crippen LogP contribution in [0.4, 0.5) is 22.2 Å². The number of methoxy groups -OCH3 is 1. The van der Waals surface area contributed by atoms with Gasteiger partial charge in [-0.15, -0.1) is 22.9 Å². The van der Waals surface area contributed by atoms with Crippen LogP contribution in [0.2, 0.25) is 0 Å². The third-order valence-electron chi connectivity index (χ3n) is 3.57. The van der Waals surface area contributed by atoms with Crippen molar-refractivity contribution in [2.45, 2.75) is 4.90 Å². The van der Waals surface area contributed by atoms with Crippen LogP contribution in [0.25, 0.3) is 10.2 Å². The Balaban J connectivity index is 1.94. The number of aromatic nitrogens is 1. The SMILES string of the molecule is COc1cc(N=Nc2nc3ccc([N+](=O)[O-])cc3s2)c(S)cc1N(C)C. The number of nitrogens with zero attached hydrogens (tertiary/aromatic N) is 5. The number of hydrogen-bond acceptors (Lipinski definition) is 9. The summed E-state index contributed by atoms with van der Waals surface area (Å²) in [6.45, 7) is 0. The zero-order chi connectivity index (χ0) is 18.8. The minimum atomic E-state index is -0.438. The summed E-state index contributed by atoms with van der Waals surface area (Å²) in [5.74, 6) is 0.654. The third-order valence-corrected chi connectivity index (χ3v) is 4.83. The van der Waals surface area contributed by atoms with Gasteiger partial charge < -0.3 is 9.64 Å². The van der Waals surface area contributed by atoms with Crippen LogP contribution in [0.15, 0.2) is 45.5 Å². The second kappa shape index (κ2) is 7.26. The molecule has 8 nitrogen and oxygen atoms in total. The van der Waals surface area contributed by atoms with Crippen molar-refractivity contribution in [2.24, 2.45) is 10.2 Å². The van der Waals surface area contributed by atoms with Crippen molar-refractivity contribution in [3.8, 4) is 5.75 Å². The van der Waals surface area contributed by atoms with E-state index in [0.29, 0.717) is 31.7 Å². The molecule has 134 valence electrons. The maximum atomic E-state index is 10.9. The van der Waals surface area contributed by atoms with Crippen LogP contribution in [-0.4, -0.2) is 31.1 Å². The van der Waals surface area contributed by atoms with E-state index in [9.17, 15) is 10.1 Å². The van der Waals surface area contributed by atoms with Crippen LogP contribution in [0.1, 0.15) is 0 Å². The summed E-state index contributed by atoms with van der Waals surface area (Å²) < 4.78 is 6.06. The number of anilines is 1. The van der Waals surface area contributed by atoms with E-state index < -0.39 is 4.92 Å². The van der Waals surface area contributed by atoms with Gasteiger partial charge >= 0.3 is 0 Å². The Bertz CT molecular complexity index is 1020. The molecule has 0 aliphatic carbocycles. The highest BCUT2D eigenvalue weighted by molar-refractivity contribution is 7.80. The van der Waals surface area contributed by atoms with Gasteiger partial charge in [-0.2, -0.15) is 0 Å². The monoisotopic (exact) mass is 389 g/mol. The van der Waals surface area contributed by atoms with Crippen molar-refractivity contribution in [3.63, 3.8) is 0 Å². The molecular weight excluding hydrogens is 374 g/mol. The van der Waals surface area contributed by atoms with Crippen LogP contribution in [0.3, 0.4) is 0 Å². The van der Waals surface area contributed by atoms with Crippen molar-refractivity contribution in [2.75, 3.05) is 26.1 Å². The van der Waals surface area contributed by atoms with Crippen LogP contribution < -0.4 is 9.64 Å². The molecule has 0 fully saturated rings. The van der Waals surface area contributed by atoms with Gasteiger partial charge in [0.25, 0.3) is 5.69 Å². The fourth-order valence-corrected chi connectivity index (χ4v) is 3.35. The summed E-state index contributed by atoms with van der Waals surface area (Å²) in [5, 5.41) is 19.6. The van der Waals surface area contributed by atoms with Gasteiger partial charge in [-0.3, -0.25) is 10.1 Å². The molecule has 1 heterocycles. The quantitative estimate of drug-likeness (QED) is 0.287. The Hall–Kier alpha value is -2.72. The van der Waals surface area contributed by atoms with Crippen molar-refractivity contribution in [3.05, 3.63) is 40.4 Å². The summed E-state index contributed by atoms with van der Waals surface area (Å²) in [6, 6.07) is 8.09. The topological polar surface area (TPSA) is 93.2 Å². The van der Waals surface area contributed by atoms with E-state index in [2.05, 4.69) is 27.8 Å². The van der Waals surface area contributed by atoms with Crippen LogP contribution in [0.5, 0.6) is 5.75 Å². The molecule has 3 aromatic rings. The fourth-order valence-electron chi connectivity index (χ4n) is 2.29. The first-order chi connectivity index (χ1) is 12.4. The van der Waals surface area contributed by atoms with Gasteiger partial charge in [0.15, 0.2) is 0 Å². The number of nitro groups is 1. The highest BCUT2D eigenvalue weighted by Crippen LogP contribution is 2.38. The van der Waals surface area contributed by atoms with Gasteiger partial charge in [-0.1, -0.05) is 11.3 Å². The number of rotatable bonds is 5. The molecule has 0 atom stereocenters. The van der Waals surface area contributed by atoms with E-state index in [1.54, 1.807) is 19.2 Å². The number of hydrogen-bond donors (Lipinski definition) is 1. The predicted octanol–water partition coefficient (Wildman–Crippen LogP) is 4.98. The van der Waals surface area contributed by atoms with E-state index in [1.165, 1.54) is 23.5 Å². The highest BCUT2D eigenvalue weighted by atomic mass is 32.1. The maximum Gasteiger partial charge on any atom is 0.270 e. The molecule has 0 radical (unpaired) electrons. The average Bonchev–Trinajstić information content (AvgIpc) is 3.02. The molecule has 0 aliphatic heterocycles. The maximum absolute atomic E-state index is 10.9. The third kappa shape index (κ3) is 3.60. The lowest BCUT2D eigenvalue weighted by atomic mass is 10.2. The largest absolute Gasteiger partial charge is 0.495 e. The Kier molecular flexibility index (Phi) is 5.05. The molecule has 0 spiro atoms. The molecule has 10 heteroatoms. The summed E-state index contributed by atoms with van der Waals surface area (Å²) in [6.07, 6.45) is 0. The second-order valence-corrected chi connectivity index (χ2v) is 7.00. The van der Waals surface area contributed by atoms with Gasteiger partial charge in [0.2, 0.25) is 5.13 Å². The lowest BCUT2D eigenvalue weighted by Gasteiger charge is -2.17. The molecule has 0 saturated heterocycles. The molecule has 26 heavy (non-hydrogen) atoms. The molecular formula is C16H15N5O3S2. The Morgan fingerprint density at radius 1 is 1.27 bits per heavy atom. The Morgan fingerprint density at radius 3 is 2.69 bits per heavy atom. The molecule has 1 aromatic heterocycles. The Morgan fingerprint density at radius 2 is 2.04 bits per heavy atom. The molecule has 0 aliphatic rings. The van der Waals surface area contributed by atoms with Gasteiger partial charge in [-0.25, -0.2) is 4.98 Å². The predicted molar refractivity (Wildman–Crippen MR) is 105 cm³/mol. The average molecular weight is 389 g/mol. The minimum absolute atomic E-state index is 0.0197.